The van der Waals surface area contributed by atoms with Crippen LogP contribution in [0.1, 0.15) is 16.8 Å². The van der Waals surface area contributed by atoms with E-state index in [2.05, 4.69) is 0 Å². The Kier molecular flexibility index (Phi) is 6.11. The van der Waals surface area contributed by atoms with Crippen LogP contribution in [0, 0.1) is 11.7 Å². The number of Topliss-reactive ketones (excluding diaryl/α,β-unsaturated/α-hetero) is 1. The first-order valence-corrected chi connectivity index (χ1v) is 8.90. The van der Waals surface area contributed by atoms with E-state index in [-0.39, 0.29) is 24.4 Å². The Labute approximate surface area is 167 Å². The normalized spacial score (nSPS) is 15.9. The highest BCUT2D eigenvalue weighted by atomic mass is 19.1. The largest absolute Gasteiger partial charge is 0.497 e. The highest BCUT2D eigenvalue weighted by Gasteiger charge is 2.37. The molecule has 0 spiro atoms. The van der Waals surface area contributed by atoms with Gasteiger partial charge in [0.15, 0.2) is 12.4 Å². The number of methoxy groups -OCH3 is 2. The third-order valence-corrected chi connectivity index (χ3v) is 4.65. The molecule has 152 valence electrons. The average molecular weight is 401 g/mol. The van der Waals surface area contributed by atoms with Crippen LogP contribution in [0.5, 0.6) is 11.5 Å². The maximum absolute atomic E-state index is 12.9. The minimum atomic E-state index is -0.709. The molecule has 0 bridgehead atoms. The molecular weight excluding hydrogens is 381 g/mol. The lowest BCUT2D eigenvalue weighted by molar-refractivity contribution is -0.147. The first-order chi connectivity index (χ1) is 13.9. The van der Waals surface area contributed by atoms with Crippen LogP contribution in [0.4, 0.5) is 10.1 Å². The first-order valence-electron chi connectivity index (χ1n) is 8.90. The molecule has 1 heterocycles. The fraction of sp³-hybridized carbons (Fsp3) is 0.286. The maximum atomic E-state index is 12.9. The van der Waals surface area contributed by atoms with E-state index in [1.807, 2.05) is 0 Å². The van der Waals surface area contributed by atoms with Crippen molar-refractivity contribution in [3.05, 3.63) is 53.8 Å². The van der Waals surface area contributed by atoms with Gasteiger partial charge in [-0.15, -0.1) is 0 Å². The van der Waals surface area contributed by atoms with E-state index in [9.17, 15) is 18.8 Å². The van der Waals surface area contributed by atoms with Crippen LogP contribution < -0.4 is 14.4 Å². The van der Waals surface area contributed by atoms with Crippen LogP contribution in [-0.4, -0.2) is 45.0 Å². The number of esters is 1. The molecule has 2 aromatic rings. The number of carbonyl (C=O) groups is 3. The average Bonchev–Trinajstić information content (AvgIpc) is 3.13. The monoisotopic (exact) mass is 401 g/mol. The van der Waals surface area contributed by atoms with Gasteiger partial charge in [0.25, 0.3) is 0 Å². The zero-order valence-electron chi connectivity index (χ0n) is 16.0. The van der Waals surface area contributed by atoms with Gasteiger partial charge in [-0.25, -0.2) is 4.39 Å². The van der Waals surface area contributed by atoms with Crippen LogP contribution in [0.3, 0.4) is 0 Å². The summed E-state index contributed by atoms with van der Waals surface area (Å²) < 4.78 is 28.5. The van der Waals surface area contributed by atoms with Crippen molar-refractivity contribution in [1.29, 1.82) is 0 Å². The minimum absolute atomic E-state index is 0.0378. The third-order valence-electron chi connectivity index (χ3n) is 4.65. The predicted molar refractivity (Wildman–Crippen MR) is 102 cm³/mol. The number of ether oxygens (including phenoxy) is 3. The smallest absolute Gasteiger partial charge is 0.311 e. The summed E-state index contributed by atoms with van der Waals surface area (Å²) in [5.41, 5.74) is 0.735. The number of anilines is 1. The number of nitrogens with zero attached hydrogens (tertiary/aromatic N) is 1. The summed E-state index contributed by atoms with van der Waals surface area (Å²) in [6, 6.07) is 9.99. The van der Waals surface area contributed by atoms with Crippen LogP contribution in [0.25, 0.3) is 0 Å². The number of carbonyl (C=O) groups excluding carboxylic acids is 3. The zero-order valence-corrected chi connectivity index (χ0v) is 16.0. The molecule has 1 aliphatic heterocycles. The Morgan fingerprint density at radius 2 is 1.83 bits per heavy atom. The van der Waals surface area contributed by atoms with E-state index in [4.69, 9.17) is 14.2 Å². The molecule has 0 radical (unpaired) electrons. The lowest BCUT2D eigenvalue weighted by atomic mass is 10.1. The minimum Gasteiger partial charge on any atom is -0.497 e. The van der Waals surface area contributed by atoms with E-state index >= 15 is 0 Å². The number of ketones is 1. The molecule has 1 fully saturated rings. The maximum Gasteiger partial charge on any atom is 0.311 e. The summed E-state index contributed by atoms with van der Waals surface area (Å²) in [7, 11) is 2.99. The molecule has 3 rings (SSSR count). The van der Waals surface area contributed by atoms with Crippen molar-refractivity contribution in [1.82, 2.24) is 0 Å². The van der Waals surface area contributed by atoms with Gasteiger partial charge in [0.05, 0.1) is 25.8 Å². The van der Waals surface area contributed by atoms with Crippen molar-refractivity contribution in [2.75, 3.05) is 32.3 Å². The van der Waals surface area contributed by atoms with E-state index in [0.29, 0.717) is 17.2 Å². The standard InChI is InChI=1S/C21H20FNO6/c1-27-16-7-8-19(28-2)17(10-16)23-11-14(9-20(23)25)21(26)29-12-18(24)13-3-5-15(22)6-4-13/h3-8,10,14H,9,11-12H2,1-2H3/t14-/m1/s1. The Morgan fingerprint density at radius 1 is 1.10 bits per heavy atom. The molecule has 0 unspecified atom stereocenters. The molecule has 29 heavy (non-hydrogen) atoms. The van der Waals surface area contributed by atoms with Crippen molar-refractivity contribution in [2.45, 2.75) is 6.42 Å². The van der Waals surface area contributed by atoms with Gasteiger partial charge in [0.1, 0.15) is 17.3 Å². The van der Waals surface area contributed by atoms with E-state index < -0.39 is 30.1 Å². The summed E-state index contributed by atoms with van der Waals surface area (Å²) in [4.78, 5) is 38.3. The lowest BCUT2D eigenvalue weighted by Crippen LogP contribution is -2.27. The summed E-state index contributed by atoms with van der Waals surface area (Å²) in [6.45, 7) is -0.371. The molecule has 0 saturated carbocycles. The molecule has 0 aromatic heterocycles. The van der Waals surface area contributed by atoms with Crippen molar-refractivity contribution in [3.63, 3.8) is 0 Å². The Morgan fingerprint density at radius 3 is 2.48 bits per heavy atom. The summed E-state index contributed by atoms with van der Waals surface area (Å²) in [5, 5.41) is 0. The Balaban J connectivity index is 1.64. The number of benzene rings is 2. The zero-order chi connectivity index (χ0) is 21.0. The van der Waals surface area contributed by atoms with Gasteiger partial charge in [-0.2, -0.15) is 0 Å². The lowest BCUT2D eigenvalue weighted by Gasteiger charge is -2.20. The fourth-order valence-electron chi connectivity index (χ4n) is 3.08. The quantitative estimate of drug-likeness (QED) is 0.524. The van der Waals surface area contributed by atoms with Gasteiger partial charge in [0, 0.05) is 24.6 Å². The molecule has 7 nitrogen and oxygen atoms in total. The fourth-order valence-corrected chi connectivity index (χ4v) is 3.08. The second-order valence-corrected chi connectivity index (χ2v) is 6.48. The molecule has 1 atom stereocenters. The van der Waals surface area contributed by atoms with Crippen LogP contribution in [0.15, 0.2) is 42.5 Å². The number of hydrogen-bond acceptors (Lipinski definition) is 6. The highest BCUT2D eigenvalue weighted by Crippen LogP contribution is 2.36. The van der Waals surface area contributed by atoms with Crippen molar-refractivity contribution in [2.24, 2.45) is 5.92 Å². The summed E-state index contributed by atoms with van der Waals surface area (Å²) in [5.74, 6) is -1.50. The van der Waals surface area contributed by atoms with Gasteiger partial charge in [0.2, 0.25) is 5.91 Å². The Hall–Kier alpha value is -3.42. The number of hydrogen-bond donors (Lipinski definition) is 0. The topological polar surface area (TPSA) is 82.1 Å². The van der Waals surface area contributed by atoms with Gasteiger partial charge < -0.3 is 19.1 Å². The number of rotatable bonds is 7. The third kappa shape index (κ3) is 4.53. The molecule has 0 N–H and O–H groups in total. The van der Waals surface area contributed by atoms with Crippen molar-refractivity contribution >= 4 is 23.3 Å². The Bertz CT molecular complexity index is 927. The second kappa shape index (κ2) is 8.72. The molecule has 2 aromatic carbocycles. The highest BCUT2D eigenvalue weighted by molar-refractivity contribution is 6.01. The van der Waals surface area contributed by atoms with Gasteiger partial charge in [-0.1, -0.05) is 0 Å². The van der Waals surface area contributed by atoms with Crippen molar-refractivity contribution in [3.8, 4) is 11.5 Å². The van der Waals surface area contributed by atoms with E-state index in [0.717, 1.165) is 12.1 Å². The first kappa shape index (κ1) is 20.3. The molecule has 1 amide bonds. The molecule has 0 aliphatic carbocycles. The van der Waals surface area contributed by atoms with Gasteiger partial charge in [-0.3, -0.25) is 14.4 Å². The summed E-state index contributed by atoms with van der Waals surface area (Å²) >= 11 is 0. The van der Waals surface area contributed by atoms with E-state index in [1.165, 1.54) is 31.3 Å². The van der Waals surface area contributed by atoms with E-state index in [1.54, 1.807) is 18.2 Å². The molecule has 1 aliphatic rings. The molecule has 1 saturated heterocycles. The summed E-state index contributed by atoms with van der Waals surface area (Å²) in [6.07, 6.45) is -0.0378. The van der Waals surface area contributed by atoms with Crippen LogP contribution >= 0.6 is 0 Å². The van der Waals surface area contributed by atoms with Crippen molar-refractivity contribution < 1.29 is 33.0 Å². The number of halogens is 1. The second-order valence-electron chi connectivity index (χ2n) is 6.48. The molecular formula is C21H20FNO6. The van der Waals surface area contributed by atoms with Gasteiger partial charge in [-0.05, 0) is 36.4 Å². The molecule has 8 heteroatoms. The number of amides is 1. The van der Waals surface area contributed by atoms with Crippen LogP contribution in [0.2, 0.25) is 0 Å². The van der Waals surface area contributed by atoms with Gasteiger partial charge >= 0.3 is 5.97 Å². The SMILES string of the molecule is COc1ccc(OC)c(N2C[C@H](C(=O)OCC(=O)c3ccc(F)cc3)CC2=O)c1. The predicted octanol–water partition coefficient (Wildman–Crippen LogP) is 2.62. The van der Waals surface area contributed by atoms with Crippen LogP contribution in [-0.2, 0) is 14.3 Å².